The third kappa shape index (κ3) is 3.61. The monoisotopic (exact) mass is 264 g/mol. The Morgan fingerprint density at radius 1 is 1.32 bits per heavy atom. The van der Waals surface area contributed by atoms with Gasteiger partial charge in [0.1, 0.15) is 0 Å². The number of nitrogens with two attached hydrogens (primary N) is 1. The van der Waals surface area contributed by atoms with E-state index in [1.54, 1.807) is 6.07 Å². The van der Waals surface area contributed by atoms with Crippen molar-refractivity contribution < 1.29 is 15.0 Å². The largest absolute Gasteiger partial charge is 0.504 e. The Morgan fingerprint density at radius 3 is 2.63 bits per heavy atom. The fourth-order valence-corrected chi connectivity index (χ4v) is 2.42. The van der Waals surface area contributed by atoms with Crippen LogP contribution in [0.3, 0.4) is 0 Å². The summed E-state index contributed by atoms with van der Waals surface area (Å²) in [6, 6.07) is 4.10. The molecule has 1 aromatic carbocycles. The number of rotatable bonds is 4. The first kappa shape index (κ1) is 13.7. The predicted octanol–water partition coefficient (Wildman–Crippen LogP) is 1.03. The van der Waals surface area contributed by atoms with E-state index in [2.05, 4.69) is 5.32 Å². The van der Waals surface area contributed by atoms with Gasteiger partial charge in [-0.1, -0.05) is 18.9 Å². The Labute approximate surface area is 112 Å². The van der Waals surface area contributed by atoms with Gasteiger partial charge >= 0.3 is 0 Å². The molecule has 1 amide bonds. The van der Waals surface area contributed by atoms with E-state index in [4.69, 9.17) is 5.73 Å². The van der Waals surface area contributed by atoms with E-state index >= 15 is 0 Å². The first-order valence-corrected chi connectivity index (χ1v) is 6.63. The molecule has 1 aliphatic rings. The molecule has 1 fully saturated rings. The van der Waals surface area contributed by atoms with Gasteiger partial charge in [0, 0.05) is 6.04 Å². The molecule has 1 aliphatic carbocycles. The summed E-state index contributed by atoms with van der Waals surface area (Å²) in [7, 11) is 0. The third-order valence-electron chi connectivity index (χ3n) is 3.53. The second-order valence-electron chi connectivity index (χ2n) is 5.12. The Hall–Kier alpha value is -1.75. The average Bonchev–Trinajstić information content (AvgIpc) is 2.86. The van der Waals surface area contributed by atoms with Crippen molar-refractivity contribution in [2.75, 3.05) is 0 Å². The van der Waals surface area contributed by atoms with Crippen molar-refractivity contribution in [3.05, 3.63) is 23.8 Å². The normalized spacial score (nSPS) is 17.3. The highest BCUT2D eigenvalue weighted by molar-refractivity contribution is 5.82. The fourth-order valence-electron chi connectivity index (χ4n) is 2.42. The Morgan fingerprint density at radius 2 is 2.00 bits per heavy atom. The van der Waals surface area contributed by atoms with E-state index in [-0.39, 0.29) is 23.4 Å². The van der Waals surface area contributed by atoms with Crippen molar-refractivity contribution in [3.63, 3.8) is 0 Å². The van der Waals surface area contributed by atoms with Gasteiger partial charge in [-0.05, 0) is 37.0 Å². The lowest BCUT2D eigenvalue weighted by Gasteiger charge is -2.16. The van der Waals surface area contributed by atoms with Crippen molar-refractivity contribution in [2.24, 2.45) is 5.73 Å². The van der Waals surface area contributed by atoms with Gasteiger partial charge in [-0.25, -0.2) is 0 Å². The smallest absolute Gasteiger partial charge is 0.237 e. The number of hydrogen-bond donors (Lipinski definition) is 4. The summed E-state index contributed by atoms with van der Waals surface area (Å²) in [6.07, 6.45) is 4.71. The van der Waals surface area contributed by atoms with Crippen LogP contribution in [0.1, 0.15) is 31.2 Å². The lowest BCUT2D eigenvalue weighted by Crippen LogP contribution is -2.45. The third-order valence-corrected chi connectivity index (χ3v) is 3.53. The van der Waals surface area contributed by atoms with Gasteiger partial charge in [-0.15, -0.1) is 0 Å². The average molecular weight is 264 g/mol. The molecule has 104 valence electrons. The number of carbonyl (C=O) groups is 1. The molecule has 5 heteroatoms. The maximum atomic E-state index is 11.9. The number of phenolic OH excluding ortho intramolecular Hbond substituents is 2. The summed E-state index contributed by atoms with van der Waals surface area (Å²) in [4.78, 5) is 11.9. The minimum absolute atomic E-state index is 0.153. The second-order valence-corrected chi connectivity index (χ2v) is 5.12. The number of benzene rings is 1. The van der Waals surface area contributed by atoms with Gasteiger partial charge in [-0.3, -0.25) is 4.79 Å². The van der Waals surface area contributed by atoms with Gasteiger partial charge < -0.3 is 21.3 Å². The number of carbonyl (C=O) groups excluding carboxylic acids is 1. The van der Waals surface area contributed by atoms with Crippen LogP contribution in [0.4, 0.5) is 0 Å². The van der Waals surface area contributed by atoms with Crippen LogP contribution in [-0.2, 0) is 11.2 Å². The van der Waals surface area contributed by atoms with Crippen LogP contribution in [-0.4, -0.2) is 28.2 Å². The quantitative estimate of drug-likeness (QED) is 0.611. The maximum absolute atomic E-state index is 11.9. The molecule has 0 radical (unpaired) electrons. The molecule has 1 atom stereocenters. The molecule has 0 saturated heterocycles. The van der Waals surface area contributed by atoms with Gasteiger partial charge in [-0.2, -0.15) is 0 Å². The molecule has 19 heavy (non-hydrogen) atoms. The lowest BCUT2D eigenvalue weighted by atomic mass is 10.0. The summed E-state index contributed by atoms with van der Waals surface area (Å²) < 4.78 is 0. The summed E-state index contributed by atoms with van der Waals surface area (Å²) >= 11 is 0. The molecule has 0 heterocycles. The van der Waals surface area contributed by atoms with Crippen molar-refractivity contribution in [1.82, 2.24) is 5.32 Å². The fraction of sp³-hybridized carbons (Fsp3) is 0.500. The Balaban J connectivity index is 1.90. The Bertz CT molecular complexity index is 456. The zero-order valence-corrected chi connectivity index (χ0v) is 10.8. The number of amides is 1. The van der Waals surface area contributed by atoms with E-state index in [0.717, 1.165) is 31.2 Å². The van der Waals surface area contributed by atoms with Gasteiger partial charge in [0.15, 0.2) is 11.5 Å². The van der Waals surface area contributed by atoms with Crippen LogP contribution in [0.5, 0.6) is 11.5 Å². The summed E-state index contributed by atoms with van der Waals surface area (Å²) in [6.45, 7) is 0. The molecule has 0 aromatic heterocycles. The van der Waals surface area contributed by atoms with Crippen LogP contribution in [0.25, 0.3) is 0 Å². The van der Waals surface area contributed by atoms with Gasteiger partial charge in [0.25, 0.3) is 0 Å². The number of aromatic hydroxyl groups is 2. The molecule has 1 aromatic rings. The first-order chi connectivity index (χ1) is 9.06. The minimum Gasteiger partial charge on any atom is -0.504 e. The van der Waals surface area contributed by atoms with E-state index in [0.29, 0.717) is 6.42 Å². The maximum Gasteiger partial charge on any atom is 0.237 e. The number of hydrogen-bond acceptors (Lipinski definition) is 4. The topological polar surface area (TPSA) is 95.6 Å². The van der Waals surface area contributed by atoms with E-state index < -0.39 is 6.04 Å². The number of phenols is 2. The molecule has 0 aliphatic heterocycles. The van der Waals surface area contributed by atoms with Gasteiger partial charge in [0.05, 0.1) is 6.04 Å². The summed E-state index contributed by atoms with van der Waals surface area (Å²) in [5, 5.41) is 21.6. The number of nitrogens with one attached hydrogen (secondary N) is 1. The molecule has 1 saturated carbocycles. The van der Waals surface area contributed by atoms with Crippen molar-refractivity contribution in [2.45, 2.75) is 44.2 Å². The van der Waals surface area contributed by atoms with Crippen LogP contribution in [0.2, 0.25) is 0 Å². The van der Waals surface area contributed by atoms with Crippen LogP contribution < -0.4 is 11.1 Å². The van der Waals surface area contributed by atoms with Crippen LogP contribution >= 0.6 is 0 Å². The molecular formula is C14H20N2O3. The molecule has 0 unspecified atom stereocenters. The highest BCUT2D eigenvalue weighted by Gasteiger charge is 2.21. The molecular weight excluding hydrogens is 244 g/mol. The molecule has 5 nitrogen and oxygen atoms in total. The van der Waals surface area contributed by atoms with Crippen LogP contribution in [0, 0.1) is 0 Å². The zero-order valence-electron chi connectivity index (χ0n) is 10.8. The van der Waals surface area contributed by atoms with Crippen LogP contribution in [0.15, 0.2) is 18.2 Å². The lowest BCUT2D eigenvalue weighted by molar-refractivity contribution is -0.123. The van der Waals surface area contributed by atoms with E-state index in [1.165, 1.54) is 12.1 Å². The molecule has 5 N–H and O–H groups in total. The summed E-state index contributed by atoms with van der Waals surface area (Å²) in [5.41, 5.74) is 6.59. The second kappa shape index (κ2) is 5.93. The predicted molar refractivity (Wildman–Crippen MR) is 71.8 cm³/mol. The van der Waals surface area contributed by atoms with E-state index in [9.17, 15) is 15.0 Å². The highest BCUT2D eigenvalue weighted by Crippen LogP contribution is 2.25. The minimum atomic E-state index is -0.635. The molecule has 0 spiro atoms. The van der Waals surface area contributed by atoms with Gasteiger partial charge in [0.2, 0.25) is 5.91 Å². The van der Waals surface area contributed by atoms with Crippen molar-refractivity contribution in [1.29, 1.82) is 0 Å². The standard InChI is InChI=1S/C14H20N2O3/c15-11(14(19)16-10-3-1-2-4-10)7-9-5-6-12(17)13(18)8-9/h5-6,8,10-11,17-18H,1-4,7,15H2,(H,16,19)/t11-/m0/s1. The molecule has 2 rings (SSSR count). The van der Waals surface area contributed by atoms with Crippen molar-refractivity contribution >= 4 is 5.91 Å². The zero-order chi connectivity index (χ0) is 13.8. The first-order valence-electron chi connectivity index (χ1n) is 6.63. The Kier molecular flexibility index (Phi) is 4.27. The van der Waals surface area contributed by atoms with E-state index in [1.807, 2.05) is 0 Å². The highest BCUT2D eigenvalue weighted by atomic mass is 16.3. The molecule has 0 bridgehead atoms. The summed E-state index contributed by atoms with van der Waals surface area (Å²) in [5.74, 6) is -0.520. The SMILES string of the molecule is N[C@@H](Cc1ccc(O)c(O)c1)C(=O)NC1CCCC1. The van der Waals surface area contributed by atoms with Crippen molar-refractivity contribution in [3.8, 4) is 11.5 Å².